The number of para-hydroxylation sites is 1. The van der Waals surface area contributed by atoms with Crippen LogP contribution in [0.2, 0.25) is 0 Å². The number of piperidine rings is 1. The van der Waals surface area contributed by atoms with Crippen LogP contribution in [0.3, 0.4) is 0 Å². The van der Waals surface area contributed by atoms with Gasteiger partial charge in [0, 0.05) is 25.6 Å². The number of carbonyl (C=O) groups excluding carboxylic acids is 1. The fourth-order valence-electron chi connectivity index (χ4n) is 3.96. The van der Waals surface area contributed by atoms with Gasteiger partial charge in [-0.15, -0.1) is 0 Å². The first kappa shape index (κ1) is 21.4. The number of likely N-dealkylation sites (tertiary alicyclic amines) is 1. The Morgan fingerprint density at radius 2 is 1.90 bits per heavy atom. The molecule has 1 aliphatic rings. The fourth-order valence-corrected chi connectivity index (χ4v) is 3.96. The lowest BCUT2D eigenvalue weighted by Crippen LogP contribution is -2.42. The molecule has 1 fully saturated rings. The molecule has 0 aliphatic carbocycles. The SMILES string of the molecule is CCOc1ccccc1-c1nc(CN2CCC(C(=O)N(CC)CC)CC2)c(C)o1. The Morgan fingerprint density at radius 1 is 1.21 bits per heavy atom. The molecule has 158 valence electrons. The molecule has 0 radical (unpaired) electrons. The molecule has 6 nitrogen and oxygen atoms in total. The first-order valence-corrected chi connectivity index (χ1v) is 10.8. The van der Waals surface area contributed by atoms with Crippen molar-refractivity contribution in [2.24, 2.45) is 5.92 Å². The summed E-state index contributed by atoms with van der Waals surface area (Å²) in [6.45, 7) is 12.8. The Morgan fingerprint density at radius 3 is 2.55 bits per heavy atom. The first-order chi connectivity index (χ1) is 14.1. The Kier molecular flexibility index (Phi) is 7.31. The minimum Gasteiger partial charge on any atom is -0.493 e. The van der Waals surface area contributed by atoms with Gasteiger partial charge in [-0.3, -0.25) is 9.69 Å². The second-order valence-electron chi connectivity index (χ2n) is 7.51. The number of hydrogen-bond donors (Lipinski definition) is 0. The molecule has 6 heteroatoms. The largest absolute Gasteiger partial charge is 0.493 e. The number of amides is 1. The van der Waals surface area contributed by atoms with Gasteiger partial charge in [-0.2, -0.15) is 0 Å². The second-order valence-corrected chi connectivity index (χ2v) is 7.51. The molecule has 0 atom stereocenters. The van der Waals surface area contributed by atoms with Gasteiger partial charge in [-0.1, -0.05) is 12.1 Å². The lowest BCUT2D eigenvalue weighted by molar-refractivity contribution is -0.136. The summed E-state index contributed by atoms with van der Waals surface area (Å²) in [5.41, 5.74) is 1.84. The summed E-state index contributed by atoms with van der Waals surface area (Å²) in [7, 11) is 0. The highest BCUT2D eigenvalue weighted by Crippen LogP contribution is 2.31. The average Bonchev–Trinajstić information content (AvgIpc) is 3.10. The van der Waals surface area contributed by atoms with E-state index in [0.717, 1.165) is 68.3 Å². The van der Waals surface area contributed by atoms with Crippen molar-refractivity contribution in [3.8, 4) is 17.2 Å². The van der Waals surface area contributed by atoms with Gasteiger partial charge in [-0.05, 0) is 65.8 Å². The predicted molar refractivity (Wildman–Crippen MR) is 114 cm³/mol. The van der Waals surface area contributed by atoms with Crippen LogP contribution in [0.15, 0.2) is 28.7 Å². The number of aromatic nitrogens is 1. The van der Waals surface area contributed by atoms with Crippen molar-refractivity contribution in [2.45, 2.75) is 47.1 Å². The van der Waals surface area contributed by atoms with Crippen molar-refractivity contribution in [2.75, 3.05) is 32.8 Å². The highest BCUT2D eigenvalue weighted by atomic mass is 16.5. The van der Waals surface area contributed by atoms with Crippen molar-refractivity contribution >= 4 is 5.91 Å². The third-order valence-corrected chi connectivity index (χ3v) is 5.70. The number of oxazole rings is 1. The zero-order chi connectivity index (χ0) is 20.8. The van der Waals surface area contributed by atoms with Gasteiger partial charge in [-0.25, -0.2) is 4.98 Å². The van der Waals surface area contributed by atoms with Crippen LogP contribution in [-0.4, -0.2) is 53.5 Å². The van der Waals surface area contributed by atoms with Gasteiger partial charge in [0.05, 0.1) is 17.9 Å². The summed E-state index contributed by atoms with van der Waals surface area (Å²) in [6.07, 6.45) is 1.82. The summed E-state index contributed by atoms with van der Waals surface area (Å²) in [4.78, 5) is 21.7. The minimum absolute atomic E-state index is 0.151. The normalized spacial score (nSPS) is 15.4. The number of aryl methyl sites for hydroxylation is 1. The average molecular weight is 400 g/mol. The Balaban J connectivity index is 1.64. The minimum atomic E-state index is 0.151. The smallest absolute Gasteiger partial charge is 0.230 e. The van der Waals surface area contributed by atoms with Crippen LogP contribution in [-0.2, 0) is 11.3 Å². The molecule has 2 heterocycles. The predicted octanol–water partition coefficient (Wildman–Crippen LogP) is 4.13. The molecular formula is C23H33N3O3. The van der Waals surface area contributed by atoms with E-state index >= 15 is 0 Å². The molecule has 3 rings (SSSR count). The molecular weight excluding hydrogens is 366 g/mol. The van der Waals surface area contributed by atoms with Crippen molar-refractivity contribution in [1.29, 1.82) is 0 Å². The maximum Gasteiger partial charge on any atom is 0.230 e. The van der Waals surface area contributed by atoms with E-state index in [1.165, 1.54) is 0 Å². The quantitative estimate of drug-likeness (QED) is 0.668. The van der Waals surface area contributed by atoms with Gasteiger partial charge < -0.3 is 14.1 Å². The van der Waals surface area contributed by atoms with E-state index in [2.05, 4.69) is 4.90 Å². The van der Waals surface area contributed by atoms with Gasteiger partial charge in [0.1, 0.15) is 11.5 Å². The molecule has 29 heavy (non-hydrogen) atoms. The van der Waals surface area contributed by atoms with Crippen LogP contribution in [0.5, 0.6) is 5.75 Å². The van der Waals surface area contributed by atoms with Gasteiger partial charge in [0.2, 0.25) is 11.8 Å². The molecule has 0 bridgehead atoms. The highest BCUT2D eigenvalue weighted by Gasteiger charge is 2.28. The van der Waals surface area contributed by atoms with Crippen LogP contribution < -0.4 is 4.74 Å². The molecule has 2 aromatic rings. The van der Waals surface area contributed by atoms with E-state index in [4.69, 9.17) is 14.1 Å². The Bertz CT molecular complexity index is 805. The highest BCUT2D eigenvalue weighted by molar-refractivity contribution is 5.78. The van der Waals surface area contributed by atoms with Gasteiger partial charge in [0.25, 0.3) is 0 Å². The molecule has 0 unspecified atom stereocenters. The number of carbonyl (C=O) groups is 1. The Hall–Kier alpha value is -2.34. The lowest BCUT2D eigenvalue weighted by atomic mass is 9.95. The molecule has 0 saturated carbocycles. The third kappa shape index (κ3) is 4.99. The van der Waals surface area contributed by atoms with Gasteiger partial charge in [0.15, 0.2) is 0 Å². The van der Waals surface area contributed by atoms with E-state index in [1.54, 1.807) is 0 Å². The van der Waals surface area contributed by atoms with Crippen molar-refractivity contribution in [1.82, 2.24) is 14.8 Å². The molecule has 1 aromatic carbocycles. The van der Waals surface area contributed by atoms with Crippen molar-refractivity contribution < 1.29 is 13.9 Å². The molecule has 0 N–H and O–H groups in total. The standard InChI is InChI=1S/C23H33N3O3/c1-5-26(6-2)23(27)18-12-14-25(15-13-18)16-20-17(4)29-22(24-20)19-10-8-9-11-21(19)28-7-3/h8-11,18H,5-7,12-16H2,1-4H3. The fraction of sp³-hybridized carbons (Fsp3) is 0.565. The topological polar surface area (TPSA) is 58.8 Å². The monoisotopic (exact) mass is 399 g/mol. The number of benzene rings is 1. The first-order valence-electron chi connectivity index (χ1n) is 10.8. The van der Waals surface area contributed by atoms with Crippen molar-refractivity contribution in [3.05, 3.63) is 35.7 Å². The van der Waals surface area contributed by atoms with Crippen LogP contribution in [0.25, 0.3) is 11.5 Å². The van der Waals surface area contributed by atoms with E-state index in [1.807, 2.05) is 56.9 Å². The van der Waals surface area contributed by atoms with E-state index in [9.17, 15) is 4.79 Å². The Labute approximate surface area is 173 Å². The molecule has 1 aliphatic heterocycles. The summed E-state index contributed by atoms with van der Waals surface area (Å²) < 4.78 is 11.7. The summed E-state index contributed by atoms with van der Waals surface area (Å²) in [6, 6.07) is 7.84. The third-order valence-electron chi connectivity index (χ3n) is 5.70. The zero-order valence-corrected chi connectivity index (χ0v) is 18.1. The molecule has 1 aromatic heterocycles. The van der Waals surface area contributed by atoms with Gasteiger partial charge >= 0.3 is 0 Å². The number of rotatable bonds is 8. The van der Waals surface area contributed by atoms with Crippen LogP contribution >= 0.6 is 0 Å². The summed E-state index contributed by atoms with van der Waals surface area (Å²) in [5.74, 6) is 2.69. The summed E-state index contributed by atoms with van der Waals surface area (Å²) in [5, 5.41) is 0. The van der Waals surface area contributed by atoms with E-state index < -0.39 is 0 Å². The molecule has 1 saturated heterocycles. The van der Waals surface area contributed by atoms with E-state index in [-0.39, 0.29) is 5.92 Å². The second kappa shape index (κ2) is 9.92. The van der Waals surface area contributed by atoms with E-state index in [0.29, 0.717) is 18.4 Å². The number of hydrogen-bond acceptors (Lipinski definition) is 5. The molecule has 0 spiro atoms. The van der Waals surface area contributed by atoms with Crippen LogP contribution in [0, 0.1) is 12.8 Å². The zero-order valence-electron chi connectivity index (χ0n) is 18.1. The summed E-state index contributed by atoms with van der Waals surface area (Å²) >= 11 is 0. The van der Waals surface area contributed by atoms with Crippen LogP contribution in [0.1, 0.15) is 45.1 Å². The number of ether oxygens (including phenoxy) is 1. The van der Waals surface area contributed by atoms with Crippen LogP contribution in [0.4, 0.5) is 0 Å². The lowest BCUT2D eigenvalue weighted by Gasteiger charge is -2.33. The molecule has 1 amide bonds. The number of nitrogens with zero attached hydrogens (tertiary/aromatic N) is 3. The maximum absolute atomic E-state index is 12.6. The maximum atomic E-state index is 12.6. The van der Waals surface area contributed by atoms with Crippen molar-refractivity contribution in [3.63, 3.8) is 0 Å².